The van der Waals surface area contributed by atoms with Crippen molar-refractivity contribution in [2.45, 2.75) is 19.1 Å². The Balaban J connectivity index is 2.95. The molecule has 80 valence electrons. The Morgan fingerprint density at radius 1 is 1.27 bits per heavy atom. The highest BCUT2D eigenvalue weighted by Gasteiger charge is 2.30. The molecule has 0 heterocycles. The van der Waals surface area contributed by atoms with Gasteiger partial charge in [0.05, 0.1) is 11.6 Å². The predicted octanol–water partition coefficient (Wildman–Crippen LogP) is 3.10. The molecule has 2 nitrogen and oxygen atoms in total. The number of hydrogen-bond donors (Lipinski definition) is 0. The molecule has 1 rings (SSSR count). The Morgan fingerprint density at radius 2 is 1.80 bits per heavy atom. The van der Waals surface area contributed by atoms with Crippen LogP contribution in [0.3, 0.4) is 0 Å². The first-order valence-corrected chi connectivity index (χ1v) is 4.19. The lowest BCUT2D eigenvalue weighted by Crippen LogP contribution is -2.04. The topological polar surface area (TPSA) is 29.4 Å². The van der Waals surface area contributed by atoms with Crippen molar-refractivity contribution in [1.29, 1.82) is 0 Å². The number of halogens is 3. The molecule has 0 radical (unpaired) electrons. The van der Waals surface area contributed by atoms with Gasteiger partial charge in [-0.1, -0.05) is 12.1 Å². The molecule has 0 saturated carbocycles. The van der Waals surface area contributed by atoms with Crippen molar-refractivity contribution in [3.63, 3.8) is 0 Å². The summed E-state index contributed by atoms with van der Waals surface area (Å²) in [6, 6.07) is 4.06. The van der Waals surface area contributed by atoms with Gasteiger partial charge < -0.3 is 0 Å². The second kappa shape index (κ2) is 4.28. The fraction of sp³-hybridized carbons (Fsp3) is 0.300. The van der Waals surface area contributed by atoms with E-state index in [9.17, 15) is 18.0 Å². The summed E-state index contributed by atoms with van der Waals surface area (Å²) in [5, 5.41) is 0. The molecule has 0 fully saturated rings. The molecule has 0 aliphatic carbocycles. The van der Waals surface area contributed by atoms with E-state index in [1.807, 2.05) is 0 Å². The molecule has 1 aromatic carbocycles. The predicted molar refractivity (Wildman–Crippen MR) is 48.0 cm³/mol. The van der Waals surface area contributed by atoms with Crippen molar-refractivity contribution in [3.05, 3.63) is 35.4 Å². The molecule has 1 aromatic rings. The molecular weight excluding hydrogens is 207 g/mol. The average molecular weight is 215 g/mol. The van der Waals surface area contributed by atoms with Gasteiger partial charge in [-0.2, -0.15) is 18.2 Å². The van der Waals surface area contributed by atoms with Gasteiger partial charge in [0.2, 0.25) is 6.08 Å². The molecule has 0 spiro atoms. The summed E-state index contributed by atoms with van der Waals surface area (Å²) >= 11 is 0. The number of carbonyl (C=O) groups excluding carboxylic acids is 1. The van der Waals surface area contributed by atoms with Crippen LogP contribution in [0.5, 0.6) is 0 Å². The number of benzene rings is 1. The Kier molecular flexibility index (Phi) is 3.27. The van der Waals surface area contributed by atoms with Crippen LogP contribution in [0, 0.1) is 0 Å². The van der Waals surface area contributed by atoms with Crippen molar-refractivity contribution in [1.82, 2.24) is 0 Å². The van der Waals surface area contributed by atoms with E-state index in [4.69, 9.17) is 0 Å². The van der Waals surface area contributed by atoms with Gasteiger partial charge in [0.15, 0.2) is 0 Å². The van der Waals surface area contributed by atoms with Crippen LogP contribution in [-0.2, 0) is 11.0 Å². The molecule has 0 saturated heterocycles. The van der Waals surface area contributed by atoms with Gasteiger partial charge in [0, 0.05) is 0 Å². The van der Waals surface area contributed by atoms with E-state index >= 15 is 0 Å². The van der Waals surface area contributed by atoms with Crippen LogP contribution in [0.2, 0.25) is 0 Å². The normalized spacial score (nSPS) is 13.1. The standard InChI is InChI=1S/C10H8F3NO/c1-7(14-6-15)8-2-4-9(5-3-8)10(11,12)13/h2-5,7H,1H3/t7-/m0/s1. The molecule has 0 unspecified atom stereocenters. The van der Waals surface area contributed by atoms with E-state index < -0.39 is 17.8 Å². The van der Waals surface area contributed by atoms with Crippen LogP contribution < -0.4 is 0 Å². The second-order valence-electron chi connectivity index (χ2n) is 3.02. The summed E-state index contributed by atoms with van der Waals surface area (Å²) in [4.78, 5) is 13.3. The summed E-state index contributed by atoms with van der Waals surface area (Å²) in [6.45, 7) is 1.60. The number of nitrogens with zero attached hydrogens (tertiary/aromatic N) is 1. The van der Waals surface area contributed by atoms with E-state index in [0.717, 1.165) is 12.1 Å². The van der Waals surface area contributed by atoms with Crippen molar-refractivity contribution in [2.75, 3.05) is 0 Å². The third-order valence-corrected chi connectivity index (χ3v) is 1.97. The maximum atomic E-state index is 12.2. The third kappa shape index (κ3) is 2.92. The van der Waals surface area contributed by atoms with Gasteiger partial charge in [0.1, 0.15) is 0 Å². The Morgan fingerprint density at radius 3 is 2.20 bits per heavy atom. The van der Waals surface area contributed by atoms with Gasteiger partial charge in [-0.3, -0.25) is 0 Å². The van der Waals surface area contributed by atoms with E-state index in [1.54, 1.807) is 6.92 Å². The van der Waals surface area contributed by atoms with Crippen molar-refractivity contribution in [2.24, 2.45) is 4.99 Å². The summed E-state index contributed by atoms with van der Waals surface area (Å²) < 4.78 is 36.5. The molecule has 15 heavy (non-hydrogen) atoms. The highest BCUT2D eigenvalue weighted by atomic mass is 19.4. The van der Waals surface area contributed by atoms with Gasteiger partial charge >= 0.3 is 6.18 Å². The quantitative estimate of drug-likeness (QED) is 0.550. The van der Waals surface area contributed by atoms with Crippen LogP contribution in [0.4, 0.5) is 13.2 Å². The fourth-order valence-corrected chi connectivity index (χ4v) is 1.10. The lowest BCUT2D eigenvalue weighted by molar-refractivity contribution is -0.137. The molecular formula is C10H8F3NO. The van der Waals surface area contributed by atoms with Gasteiger partial charge in [-0.25, -0.2) is 4.79 Å². The van der Waals surface area contributed by atoms with Gasteiger partial charge in [-0.15, -0.1) is 0 Å². The highest BCUT2D eigenvalue weighted by Crippen LogP contribution is 2.30. The summed E-state index contributed by atoms with van der Waals surface area (Å²) in [6.07, 6.45) is -2.97. The molecule has 1 atom stereocenters. The fourth-order valence-electron chi connectivity index (χ4n) is 1.10. The molecule has 5 heteroatoms. The maximum Gasteiger partial charge on any atom is 0.416 e. The van der Waals surface area contributed by atoms with Crippen molar-refractivity contribution in [3.8, 4) is 0 Å². The van der Waals surface area contributed by atoms with E-state index in [2.05, 4.69) is 4.99 Å². The lowest BCUT2D eigenvalue weighted by Gasteiger charge is -2.08. The van der Waals surface area contributed by atoms with Crippen LogP contribution in [0.15, 0.2) is 29.3 Å². The zero-order valence-electron chi connectivity index (χ0n) is 7.88. The molecule has 0 amide bonds. The molecule has 0 aromatic heterocycles. The minimum atomic E-state index is -4.34. The largest absolute Gasteiger partial charge is 0.416 e. The number of hydrogen-bond acceptors (Lipinski definition) is 2. The molecule has 0 N–H and O–H groups in total. The maximum absolute atomic E-state index is 12.2. The first-order chi connectivity index (χ1) is 6.95. The van der Waals surface area contributed by atoms with Crippen molar-refractivity contribution < 1.29 is 18.0 Å². The molecule has 0 aliphatic heterocycles. The van der Waals surface area contributed by atoms with E-state index in [-0.39, 0.29) is 0 Å². The van der Waals surface area contributed by atoms with Crippen LogP contribution in [-0.4, -0.2) is 6.08 Å². The zero-order chi connectivity index (χ0) is 11.5. The lowest BCUT2D eigenvalue weighted by atomic mass is 10.1. The zero-order valence-corrected chi connectivity index (χ0v) is 7.88. The monoisotopic (exact) mass is 215 g/mol. The first kappa shape index (κ1) is 11.5. The molecule has 0 bridgehead atoms. The Hall–Kier alpha value is -1.61. The van der Waals surface area contributed by atoms with Gasteiger partial charge in [0.25, 0.3) is 0 Å². The van der Waals surface area contributed by atoms with Gasteiger partial charge in [-0.05, 0) is 24.6 Å². The average Bonchev–Trinajstić information content (AvgIpc) is 2.17. The summed E-state index contributed by atoms with van der Waals surface area (Å²) in [7, 11) is 0. The van der Waals surface area contributed by atoms with E-state index in [0.29, 0.717) is 5.56 Å². The highest BCUT2D eigenvalue weighted by molar-refractivity contribution is 5.36. The number of aliphatic imine (C=N–C) groups is 1. The Bertz CT molecular complexity index is 377. The minimum Gasteiger partial charge on any atom is -0.211 e. The third-order valence-electron chi connectivity index (χ3n) is 1.97. The Labute approximate surface area is 84.4 Å². The van der Waals surface area contributed by atoms with Crippen LogP contribution >= 0.6 is 0 Å². The summed E-state index contributed by atoms with van der Waals surface area (Å²) in [5.41, 5.74) is -0.167. The number of isocyanates is 1. The summed E-state index contributed by atoms with van der Waals surface area (Å²) in [5.74, 6) is 0. The SMILES string of the molecule is C[C@H](N=C=O)c1ccc(C(F)(F)F)cc1. The van der Waals surface area contributed by atoms with Crippen LogP contribution in [0.1, 0.15) is 24.1 Å². The van der Waals surface area contributed by atoms with E-state index in [1.165, 1.54) is 18.2 Å². The number of rotatable bonds is 2. The van der Waals surface area contributed by atoms with Crippen molar-refractivity contribution >= 4 is 6.08 Å². The smallest absolute Gasteiger partial charge is 0.211 e. The first-order valence-electron chi connectivity index (χ1n) is 4.19. The minimum absolute atomic E-state index is 0.468. The number of alkyl halides is 3. The second-order valence-corrected chi connectivity index (χ2v) is 3.02. The molecule has 0 aliphatic rings. The van der Waals surface area contributed by atoms with Crippen LogP contribution in [0.25, 0.3) is 0 Å².